The highest BCUT2D eigenvalue weighted by Crippen LogP contribution is 2.31. The topological polar surface area (TPSA) is 37.4 Å². The van der Waals surface area contributed by atoms with Crippen LogP contribution in [0.4, 0.5) is 10.1 Å². The van der Waals surface area contributed by atoms with Gasteiger partial charge in [0.05, 0.1) is 11.6 Å². The van der Waals surface area contributed by atoms with Gasteiger partial charge < -0.3 is 0 Å². The fourth-order valence-electron chi connectivity index (χ4n) is 1.96. The summed E-state index contributed by atoms with van der Waals surface area (Å²) in [7, 11) is -3.66. The summed E-state index contributed by atoms with van der Waals surface area (Å²) < 4.78 is 40.0. The number of halogens is 2. The van der Waals surface area contributed by atoms with Crippen LogP contribution in [0.15, 0.2) is 34.5 Å². The second kappa shape index (κ2) is 6.34. The number of benzene rings is 1. The van der Waals surface area contributed by atoms with Crippen molar-refractivity contribution in [3.05, 3.63) is 46.6 Å². The molecule has 2 aromatic rings. The molecule has 1 aromatic carbocycles. The van der Waals surface area contributed by atoms with E-state index in [0.29, 0.717) is 5.69 Å². The molecule has 0 spiro atoms. The van der Waals surface area contributed by atoms with Crippen LogP contribution in [-0.4, -0.2) is 15.0 Å². The van der Waals surface area contributed by atoms with Crippen molar-refractivity contribution in [2.75, 3.05) is 10.8 Å². The minimum absolute atomic E-state index is 0.252. The molecule has 0 aliphatic rings. The molecular formula is C14H15ClFNO2S2. The smallest absolute Gasteiger partial charge is 0.266 e. The number of rotatable bonds is 5. The first-order chi connectivity index (χ1) is 9.90. The lowest BCUT2D eigenvalue weighted by atomic mass is 10.3. The van der Waals surface area contributed by atoms with Gasteiger partial charge in [0.1, 0.15) is 10.0 Å². The summed E-state index contributed by atoms with van der Waals surface area (Å²) in [6.45, 7) is 3.84. The minimum Gasteiger partial charge on any atom is -0.266 e. The molecule has 3 nitrogen and oxygen atoms in total. The average Bonchev–Trinajstić information content (AvgIpc) is 2.83. The predicted molar refractivity (Wildman–Crippen MR) is 85.2 cm³/mol. The van der Waals surface area contributed by atoms with Gasteiger partial charge in [-0.3, -0.25) is 4.31 Å². The van der Waals surface area contributed by atoms with E-state index in [1.807, 2.05) is 6.92 Å². The predicted octanol–water partition coefficient (Wildman–Crippen LogP) is 4.15. The maximum absolute atomic E-state index is 13.0. The molecule has 0 radical (unpaired) electrons. The summed E-state index contributed by atoms with van der Waals surface area (Å²) in [5.74, 6) is -0.113. The maximum atomic E-state index is 13.0. The third-order valence-corrected chi connectivity index (χ3v) is 7.08. The summed E-state index contributed by atoms with van der Waals surface area (Å²) in [6.07, 6.45) is 0. The third-order valence-electron chi connectivity index (χ3n) is 3.07. The number of anilines is 1. The van der Waals surface area contributed by atoms with E-state index in [2.05, 4.69) is 0 Å². The zero-order chi connectivity index (χ0) is 15.6. The molecule has 0 saturated carbocycles. The summed E-state index contributed by atoms with van der Waals surface area (Å²) in [5.41, 5.74) is 1.31. The first-order valence-electron chi connectivity index (χ1n) is 6.33. The number of nitrogens with zero attached hydrogens (tertiary/aromatic N) is 1. The number of hydrogen-bond donors (Lipinski definition) is 0. The Labute approximate surface area is 133 Å². The Morgan fingerprint density at radius 2 is 1.90 bits per heavy atom. The maximum Gasteiger partial charge on any atom is 0.273 e. The van der Waals surface area contributed by atoms with Crippen LogP contribution in [-0.2, 0) is 15.9 Å². The molecule has 0 unspecified atom stereocenters. The standard InChI is InChI=1S/C14H15ClFNO2S2/c1-3-17(12-6-4-11(16)5-7-12)21(18,19)14-8-10(2)13(9-15)20-14/h4-8H,3,9H2,1-2H3. The number of alkyl halides is 1. The van der Waals surface area contributed by atoms with Gasteiger partial charge in [0.25, 0.3) is 10.0 Å². The van der Waals surface area contributed by atoms with Crippen molar-refractivity contribution in [3.63, 3.8) is 0 Å². The molecule has 7 heteroatoms. The van der Waals surface area contributed by atoms with E-state index in [9.17, 15) is 12.8 Å². The first-order valence-corrected chi connectivity index (χ1v) is 9.12. The van der Waals surface area contributed by atoms with E-state index >= 15 is 0 Å². The fraction of sp³-hybridized carbons (Fsp3) is 0.286. The second-order valence-electron chi connectivity index (χ2n) is 4.45. The van der Waals surface area contributed by atoms with Gasteiger partial charge >= 0.3 is 0 Å². The highest BCUT2D eigenvalue weighted by molar-refractivity contribution is 7.94. The van der Waals surface area contributed by atoms with Crippen molar-refractivity contribution < 1.29 is 12.8 Å². The van der Waals surface area contributed by atoms with Gasteiger partial charge in [-0.1, -0.05) is 0 Å². The number of sulfonamides is 1. The Bertz CT molecular complexity index is 726. The summed E-state index contributed by atoms with van der Waals surface area (Å²) in [4.78, 5) is 0.838. The molecule has 114 valence electrons. The van der Waals surface area contributed by atoms with Crippen LogP contribution >= 0.6 is 22.9 Å². The second-order valence-corrected chi connectivity index (χ2v) is 7.94. The monoisotopic (exact) mass is 347 g/mol. The average molecular weight is 348 g/mol. The first kappa shape index (κ1) is 16.3. The summed E-state index contributed by atoms with van der Waals surface area (Å²) in [5, 5.41) is 0. The third kappa shape index (κ3) is 3.22. The van der Waals surface area contributed by atoms with Crippen LogP contribution in [0.5, 0.6) is 0 Å². The normalized spacial score (nSPS) is 11.6. The van der Waals surface area contributed by atoms with Gasteiger partial charge in [-0.15, -0.1) is 22.9 Å². The fourth-order valence-corrected chi connectivity index (χ4v) is 5.36. The Kier molecular flexibility index (Phi) is 4.91. The SMILES string of the molecule is CCN(c1ccc(F)cc1)S(=O)(=O)c1cc(C)c(CCl)s1. The molecule has 0 amide bonds. The molecule has 0 saturated heterocycles. The number of aryl methyl sites for hydroxylation is 1. The van der Waals surface area contributed by atoms with Crippen LogP contribution in [0, 0.1) is 12.7 Å². The zero-order valence-electron chi connectivity index (χ0n) is 11.6. The Morgan fingerprint density at radius 1 is 1.29 bits per heavy atom. The van der Waals surface area contributed by atoms with Gasteiger partial charge in [-0.2, -0.15) is 0 Å². The lowest BCUT2D eigenvalue weighted by Gasteiger charge is -2.21. The van der Waals surface area contributed by atoms with Crippen molar-refractivity contribution in [1.29, 1.82) is 0 Å². The van der Waals surface area contributed by atoms with E-state index in [0.717, 1.165) is 10.4 Å². The molecule has 1 aromatic heterocycles. The van der Waals surface area contributed by atoms with Gasteiger partial charge in [0, 0.05) is 11.4 Å². The largest absolute Gasteiger partial charge is 0.273 e. The number of thiophene rings is 1. The summed E-state index contributed by atoms with van der Waals surface area (Å²) in [6, 6.07) is 7.04. The van der Waals surface area contributed by atoms with Gasteiger partial charge in [0.2, 0.25) is 0 Å². The van der Waals surface area contributed by atoms with Crippen molar-refractivity contribution in [2.24, 2.45) is 0 Å². The van der Waals surface area contributed by atoms with E-state index < -0.39 is 15.8 Å². The highest BCUT2D eigenvalue weighted by atomic mass is 35.5. The van der Waals surface area contributed by atoms with Crippen LogP contribution in [0.1, 0.15) is 17.4 Å². The van der Waals surface area contributed by atoms with Crippen molar-refractivity contribution >= 4 is 38.6 Å². The van der Waals surface area contributed by atoms with Gasteiger partial charge in [-0.05, 0) is 49.7 Å². The van der Waals surface area contributed by atoms with Crippen LogP contribution in [0.2, 0.25) is 0 Å². The highest BCUT2D eigenvalue weighted by Gasteiger charge is 2.26. The quantitative estimate of drug-likeness (QED) is 0.762. The van der Waals surface area contributed by atoms with E-state index in [-0.39, 0.29) is 16.6 Å². The molecule has 0 aliphatic heterocycles. The molecule has 0 fully saturated rings. The summed E-state index contributed by atoms with van der Waals surface area (Å²) >= 11 is 6.98. The molecule has 0 bridgehead atoms. The molecular weight excluding hydrogens is 333 g/mol. The molecule has 0 N–H and O–H groups in total. The molecule has 0 atom stereocenters. The number of hydrogen-bond acceptors (Lipinski definition) is 3. The van der Waals surface area contributed by atoms with E-state index in [1.165, 1.54) is 39.9 Å². The van der Waals surface area contributed by atoms with E-state index in [4.69, 9.17) is 11.6 Å². The molecule has 21 heavy (non-hydrogen) atoms. The van der Waals surface area contributed by atoms with E-state index in [1.54, 1.807) is 13.0 Å². The minimum atomic E-state index is -3.66. The van der Waals surface area contributed by atoms with Crippen molar-refractivity contribution in [1.82, 2.24) is 0 Å². The molecule has 0 aliphatic carbocycles. The Morgan fingerprint density at radius 3 is 2.38 bits per heavy atom. The van der Waals surface area contributed by atoms with Gasteiger partial charge in [0.15, 0.2) is 0 Å². The van der Waals surface area contributed by atoms with Gasteiger partial charge in [-0.25, -0.2) is 12.8 Å². The van der Waals surface area contributed by atoms with Crippen LogP contribution in [0.3, 0.4) is 0 Å². The lowest BCUT2D eigenvalue weighted by molar-refractivity contribution is 0.593. The Hall–Kier alpha value is -1.11. The zero-order valence-corrected chi connectivity index (χ0v) is 14.0. The van der Waals surface area contributed by atoms with Crippen LogP contribution < -0.4 is 4.31 Å². The lowest BCUT2D eigenvalue weighted by Crippen LogP contribution is -2.30. The van der Waals surface area contributed by atoms with Crippen molar-refractivity contribution in [3.8, 4) is 0 Å². The Balaban J connectivity index is 2.46. The molecule has 2 rings (SSSR count). The van der Waals surface area contributed by atoms with Crippen molar-refractivity contribution in [2.45, 2.75) is 23.9 Å². The molecule has 1 heterocycles. The van der Waals surface area contributed by atoms with Crippen LogP contribution in [0.25, 0.3) is 0 Å².